The summed E-state index contributed by atoms with van der Waals surface area (Å²) in [4.78, 5) is 0.385. The number of aromatic nitrogens is 1. The van der Waals surface area contributed by atoms with Crippen molar-refractivity contribution in [3.05, 3.63) is 93.2 Å². The van der Waals surface area contributed by atoms with Crippen LogP contribution < -0.4 is 9.88 Å². The lowest BCUT2D eigenvalue weighted by Gasteiger charge is -2.18. The first kappa shape index (κ1) is 24.2. The van der Waals surface area contributed by atoms with Gasteiger partial charge in [0.25, 0.3) is 5.70 Å². The van der Waals surface area contributed by atoms with Gasteiger partial charge in [-0.05, 0) is 60.2 Å². The summed E-state index contributed by atoms with van der Waals surface area (Å²) in [6.45, 7) is 10.5. The number of hydrogen-bond donors (Lipinski definition) is 2. The number of anilines is 1. The van der Waals surface area contributed by atoms with Gasteiger partial charge in [0, 0.05) is 23.4 Å². The molecule has 0 amide bonds. The molecular weight excluding hydrogens is 459 g/mol. The summed E-state index contributed by atoms with van der Waals surface area (Å²) < 4.78 is 1.81. The predicted octanol–water partition coefficient (Wildman–Crippen LogP) is 7.52. The average molecular weight is 486 g/mol. The molecule has 32 heavy (non-hydrogen) atoms. The number of aliphatic hydroxyl groups is 1. The van der Waals surface area contributed by atoms with E-state index >= 15 is 0 Å². The van der Waals surface area contributed by atoms with Gasteiger partial charge in [-0.15, -0.1) is 0 Å². The van der Waals surface area contributed by atoms with Gasteiger partial charge in [0.1, 0.15) is 0 Å². The Labute approximate surface area is 205 Å². The third kappa shape index (κ3) is 5.50. The summed E-state index contributed by atoms with van der Waals surface area (Å²) in [5, 5.41) is 15.4. The highest BCUT2D eigenvalue weighted by molar-refractivity contribution is 7.81. The highest BCUT2D eigenvalue weighted by Crippen LogP contribution is 2.28. The van der Waals surface area contributed by atoms with Crippen LogP contribution in [0.25, 0.3) is 11.5 Å². The van der Waals surface area contributed by atoms with Crippen molar-refractivity contribution in [1.29, 1.82) is 0 Å². The van der Waals surface area contributed by atoms with Gasteiger partial charge < -0.3 is 10.4 Å². The van der Waals surface area contributed by atoms with E-state index in [2.05, 4.69) is 26.1 Å². The summed E-state index contributed by atoms with van der Waals surface area (Å²) in [6, 6.07) is 15.2. The predicted molar refractivity (Wildman–Crippen MR) is 140 cm³/mol. The van der Waals surface area contributed by atoms with Crippen LogP contribution in [0.1, 0.15) is 43.0 Å². The minimum atomic E-state index is -0.000110. The summed E-state index contributed by atoms with van der Waals surface area (Å²) in [7, 11) is 0. The molecule has 2 aromatic carbocycles. The number of halogens is 2. The number of rotatable bonds is 4. The summed E-state index contributed by atoms with van der Waals surface area (Å²) in [5.41, 5.74) is 5.21. The fourth-order valence-electron chi connectivity index (χ4n) is 3.25. The molecule has 166 valence electrons. The van der Waals surface area contributed by atoms with Crippen molar-refractivity contribution in [1.82, 2.24) is 0 Å². The Morgan fingerprint density at radius 1 is 0.938 bits per heavy atom. The molecule has 0 bridgehead atoms. The Balaban J connectivity index is 2.13. The molecule has 3 aromatic rings. The van der Waals surface area contributed by atoms with Crippen LogP contribution in [0, 0.1) is 13.8 Å². The summed E-state index contributed by atoms with van der Waals surface area (Å²) >= 11 is 18.1. The first-order valence-corrected chi connectivity index (χ1v) is 11.4. The van der Waals surface area contributed by atoms with Gasteiger partial charge in [0.15, 0.2) is 23.1 Å². The topological polar surface area (TPSA) is 36.1 Å². The number of aliphatic hydroxyl groups excluding tert-OH is 1. The third-order valence-electron chi connectivity index (χ3n) is 5.23. The molecule has 2 N–H and O–H groups in total. The molecule has 0 aliphatic heterocycles. The number of nitrogens with zero attached hydrogens (tertiary/aromatic N) is 1. The Kier molecular flexibility index (Phi) is 7.29. The second kappa shape index (κ2) is 9.62. The average Bonchev–Trinajstić information content (AvgIpc) is 2.72. The van der Waals surface area contributed by atoms with Gasteiger partial charge in [-0.25, -0.2) is 0 Å². The van der Waals surface area contributed by atoms with Crippen LogP contribution in [0.3, 0.4) is 0 Å². The van der Waals surface area contributed by atoms with E-state index in [-0.39, 0.29) is 11.2 Å². The number of aryl methyl sites for hydroxylation is 2. The van der Waals surface area contributed by atoms with Crippen LogP contribution in [0.15, 0.2) is 60.9 Å². The van der Waals surface area contributed by atoms with E-state index in [1.54, 1.807) is 18.2 Å². The largest absolute Gasteiger partial charge is 0.502 e. The van der Waals surface area contributed by atoms with E-state index in [0.29, 0.717) is 26.3 Å². The van der Waals surface area contributed by atoms with Crippen LogP contribution >= 0.6 is 35.4 Å². The van der Waals surface area contributed by atoms with E-state index in [9.17, 15) is 5.11 Å². The van der Waals surface area contributed by atoms with E-state index < -0.39 is 0 Å². The van der Waals surface area contributed by atoms with Crippen molar-refractivity contribution < 1.29 is 9.67 Å². The molecule has 0 saturated heterocycles. The van der Waals surface area contributed by atoms with Gasteiger partial charge in [-0.1, -0.05) is 68.3 Å². The normalized spacial score (nSPS) is 12.3. The van der Waals surface area contributed by atoms with Crippen molar-refractivity contribution >= 4 is 57.6 Å². The zero-order chi connectivity index (χ0) is 23.6. The lowest BCUT2D eigenvalue weighted by molar-refractivity contribution is -0.575. The highest BCUT2D eigenvalue weighted by Gasteiger charge is 2.26. The third-order valence-corrected chi connectivity index (χ3v) is 6.26. The number of hydrogen-bond acceptors (Lipinski definition) is 2. The molecule has 6 heteroatoms. The van der Waals surface area contributed by atoms with Crippen LogP contribution in [0.5, 0.6) is 0 Å². The van der Waals surface area contributed by atoms with Crippen molar-refractivity contribution in [2.75, 3.05) is 5.32 Å². The first-order valence-electron chi connectivity index (χ1n) is 10.3. The molecule has 3 nitrogen and oxygen atoms in total. The molecule has 3 rings (SSSR count). The van der Waals surface area contributed by atoms with Crippen molar-refractivity contribution in [3.8, 4) is 0 Å². The van der Waals surface area contributed by atoms with Crippen LogP contribution in [0.2, 0.25) is 10.0 Å². The number of benzene rings is 2. The number of thiocarbonyl (C=S) groups is 1. The molecule has 0 aliphatic carbocycles. The zero-order valence-corrected chi connectivity index (χ0v) is 21.2. The molecule has 0 atom stereocenters. The molecule has 0 spiro atoms. The van der Waals surface area contributed by atoms with Gasteiger partial charge in [-0.2, -0.15) is 4.57 Å². The summed E-state index contributed by atoms with van der Waals surface area (Å²) in [6.07, 6.45) is 3.81. The van der Waals surface area contributed by atoms with E-state index in [1.165, 1.54) is 5.56 Å². The van der Waals surface area contributed by atoms with Crippen LogP contribution in [0.4, 0.5) is 5.69 Å². The quantitative estimate of drug-likeness (QED) is 0.173. The van der Waals surface area contributed by atoms with Gasteiger partial charge >= 0.3 is 0 Å². The van der Waals surface area contributed by atoms with Crippen molar-refractivity contribution in [2.45, 2.75) is 40.0 Å². The zero-order valence-electron chi connectivity index (χ0n) is 18.8. The first-order chi connectivity index (χ1) is 15.0. The van der Waals surface area contributed by atoms with Gasteiger partial charge in [0.2, 0.25) is 0 Å². The van der Waals surface area contributed by atoms with Gasteiger partial charge in [0.05, 0.1) is 10.0 Å². The lowest BCUT2D eigenvalue weighted by Crippen LogP contribution is -2.39. The maximum atomic E-state index is 11.3. The van der Waals surface area contributed by atoms with E-state index in [1.807, 2.05) is 61.1 Å². The van der Waals surface area contributed by atoms with Crippen LogP contribution in [-0.4, -0.2) is 10.1 Å². The highest BCUT2D eigenvalue weighted by atomic mass is 35.5. The minimum Gasteiger partial charge on any atom is -0.502 e. The molecule has 0 unspecified atom stereocenters. The summed E-state index contributed by atoms with van der Waals surface area (Å²) in [5.74, 6) is -0.000110. The van der Waals surface area contributed by atoms with E-state index in [0.717, 1.165) is 16.8 Å². The molecular formula is C26H27Cl2N2OS+. The van der Waals surface area contributed by atoms with Crippen molar-refractivity contribution in [2.24, 2.45) is 0 Å². The Morgan fingerprint density at radius 2 is 1.59 bits per heavy atom. The second-order valence-corrected chi connectivity index (χ2v) is 10.1. The number of nitrogens with one attached hydrogen (secondary N) is 1. The fraction of sp³-hybridized carbons (Fsp3) is 0.231. The molecule has 0 saturated carbocycles. The smallest absolute Gasteiger partial charge is 0.288 e. The Morgan fingerprint density at radius 3 is 2.19 bits per heavy atom. The molecule has 1 aromatic heterocycles. The van der Waals surface area contributed by atoms with E-state index in [4.69, 9.17) is 35.4 Å². The monoisotopic (exact) mass is 485 g/mol. The molecule has 0 aliphatic rings. The SMILES string of the molecule is Cc1ccc(C)c(NC(=S)/C(=C(\O)c2ccc(Cl)c(Cl)c2)[n+]2ccc(C(C)(C)C)cc2)c1. The lowest BCUT2D eigenvalue weighted by atomic mass is 9.88. The maximum Gasteiger partial charge on any atom is 0.288 e. The van der Waals surface area contributed by atoms with Crippen LogP contribution in [-0.2, 0) is 5.41 Å². The Bertz CT molecular complexity index is 1200. The molecule has 0 radical (unpaired) electrons. The van der Waals surface area contributed by atoms with Crippen molar-refractivity contribution in [3.63, 3.8) is 0 Å². The fourth-order valence-corrected chi connectivity index (χ4v) is 3.86. The minimum absolute atomic E-state index is 0.000110. The van der Waals surface area contributed by atoms with Gasteiger partial charge in [-0.3, -0.25) is 0 Å². The standard InChI is InChI=1S/C26H26Cl2N2OS/c1-16-6-7-17(2)22(14-16)29-25(32)23(24(31)18-8-9-20(27)21(28)15-18)30-12-10-19(11-13-30)26(3,4)5/h6-15H,1-5H3,(H-,29,31,32)/p+1. The second-order valence-electron chi connectivity index (χ2n) is 8.84. The molecule has 0 fully saturated rings. The maximum absolute atomic E-state index is 11.3. The Hall–Kier alpha value is -2.40. The number of pyridine rings is 1. The molecule has 1 heterocycles.